The lowest BCUT2D eigenvalue weighted by Crippen LogP contribution is -2.06. The van der Waals surface area contributed by atoms with Crippen molar-refractivity contribution in [1.29, 1.82) is 0 Å². The van der Waals surface area contributed by atoms with E-state index in [1.165, 1.54) is 4.90 Å². The van der Waals surface area contributed by atoms with Crippen molar-refractivity contribution in [3.8, 4) is 0 Å². The van der Waals surface area contributed by atoms with E-state index >= 15 is 0 Å². The number of hydrogen-bond donors (Lipinski definition) is 2. The van der Waals surface area contributed by atoms with Crippen molar-refractivity contribution >= 4 is 19.0 Å². The van der Waals surface area contributed by atoms with Gasteiger partial charge in [0.2, 0.25) is 6.41 Å². The summed E-state index contributed by atoms with van der Waals surface area (Å²) >= 11 is 3.80. The van der Waals surface area contributed by atoms with Gasteiger partial charge in [-0.25, -0.2) is 0 Å². The summed E-state index contributed by atoms with van der Waals surface area (Å²) in [5, 5.41) is 0. The predicted molar refractivity (Wildman–Crippen MR) is 42.7 cm³/mol. The Kier molecular flexibility index (Phi) is 13.8. The van der Waals surface area contributed by atoms with Gasteiger partial charge in [0.25, 0.3) is 0 Å². The largest absolute Gasteiger partial charge is 0.351 e. The van der Waals surface area contributed by atoms with E-state index in [2.05, 4.69) is 12.6 Å². The standard InChI is InChI=1S/C3H7NO.C2H7NS/c1-4(2)3-5;3-1-2-4/h3H,1-2H3;4H,1-3H2. The number of carbonyl (C=O) groups excluding carboxylic acids is 1. The maximum atomic E-state index is 9.43. The molecule has 0 atom stereocenters. The number of carbonyl (C=O) groups is 1. The number of nitrogens with zero attached hydrogens (tertiary/aromatic N) is 1. The van der Waals surface area contributed by atoms with Gasteiger partial charge < -0.3 is 10.6 Å². The van der Waals surface area contributed by atoms with Crippen LogP contribution >= 0.6 is 12.6 Å². The first-order chi connectivity index (χ1) is 4.18. The summed E-state index contributed by atoms with van der Waals surface area (Å²) in [6.07, 6.45) is 0.750. The van der Waals surface area contributed by atoms with Gasteiger partial charge in [0.05, 0.1) is 0 Å². The summed E-state index contributed by atoms with van der Waals surface area (Å²) in [5.41, 5.74) is 4.95. The average molecular weight is 150 g/mol. The highest BCUT2D eigenvalue weighted by Crippen LogP contribution is 1.58. The van der Waals surface area contributed by atoms with E-state index in [1.807, 2.05) is 0 Å². The van der Waals surface area contributed by atoms with Crippen LogP contribution < -0.4 is 5.73 Å². The third-order valence-electron chi connectivity index (χ3n) is 0.340. The molecule has 0 rings (SSSR count). The first-order valence-corrected chi connectivity index (χ1v) is 3.25. The molecule has 56 valence electrons. The second kappa shape index (κ2) is 10.7. The summed E-state index contributed by atoms with van der Waals surface area (Å²) in [5.74, 6) is 0.792. The number of amides is 1. The van der Waals surface area contributed by atoms with Crippen LogP contribution in [0.2, 0.25) is 0 Å². The number of hydrogen-bond acceptors (Lipinski definition) is 3. The second-order valence-corrected chi connectivity index (χ2v) is 2.03. The van der Waals surface area contributed by atoms with Crippen molar-refractivity contribution in [2.24, 2.45) is 5.73 Å². The van der Waals surface area contributed by atoms with Gasteiger partial charge in [-0.2, -0.15) is 12.6 Å². The summed E-state index contributed by atoms with van der Waals surface area (Å²) in [6.45, 7) is 0.684. The molecule has 1 amide bonds. The molecule has 0 aliphatic carbocycles. The van der Waals surface area contributed by atoms with E-state index in [1.54, 1.807) is 14.1 Å². The summed E-state index contributed by atoms with van der Waals surface area (Å²) in [6, 6.07) is 0. The molecule has 0 fully saturated rings. The van der Waals surface area contributed by atoms with Crippen LogP contribution in [0.15, 0.2) is 0 Å². The van der Waals surface area contributed by atoms with Crippen molar-refractivity contribution in [1.82, 2.24) is 4.90 Å². The third kappa shape index (κ3) is 33.6. The first-order valence-electron chi connectivity index (χ1n) is 2.61. The topological polar surface area (TPSA) is 46.3 Å². The van der Waals surface area contributed by atoms with E-state index in [9.17, 15) is 4.79 Å². The van der Waals surface area contributed by atoms with E-state index in [4.69, 9.17) is 5.73 Å². The van der Waals surface area contributed by atoms with Gasteiger partial charge in [-0.3, -0.25) is 4.79 Å². The van der Waals surface area contributed by atoms with Crippen molar-refractivity contribution in [2.45, 2.75) is 0 Å². The molecule has 0 bridgehead atoms. The fourth-order valence-electron chi connectivity index (χ4n) is 0. The normalized spacial score (nSPS) is 7.11. The Balaban J connectivity index is 0. The highest BCUT2D eigenvalue weighted by atomic mass is 32.1. The lowest BCUT2D eigenvalue weighted by atomic mass is 10.8. The summed E-state index contributed by atoms with van der Waals surface area (Å²) in [7, 11) is 3.38. The van der Waals surface area contributed by atoms with Gasteiger partial charge in [0, 0.05) is 26.4 Å². The van der Waals surface area contributed by atoms with Crippen molar-refractivity contribution < 1.29 is 4.79 Å². The molecule has 4 heteroatoms. The van der Waals surface area contributed by atoms with E-state index in [0.29, 0.717) is 6.54 Å². The van der Waals surface area contributed by atoms with E-state index in [-0.39, 0.29) is 0 Å². The zero-order valence-electron chi connectivity index (χ0n) is 5.87. The molecular weight excluding hydrogens is 136 g/mol. The van der Waals surface area contributed by atoms with E-state index < -0.39 is 0 Å². The minimum atomic E-state index is 0.684. The number of rotatable bonds is 2. The Labute approximate surface area is 61.6 Å². The van der Waals surface area contributed by atoms with Gasteiger partial charge in [0.1, 0.15) is 0 Å². The molecule has 0 saturated heterocycles. The summed E-state index contributed by atoms with van der Waals surface area (Å²) < 4.78 is 0. The predicted octanol–water partition coefficient (Wildman–Crippen LogP) is -0.421. The molecule has 0 aromatic heterocycles. The molecule has 9 heavy (non-hydrogen) atoms. The molecule has 0 aliphatic rings. The molecule has 0 heterocycles. The first kappa shape index (κ1) is 11.6. The molecule has 0 aliphatic heterocycles. The molecule has 0 unspecified atom stereocenters. The van der Waals surface area contributed by atoms with Gasteiger partial charge in [0.15, 0.2) is 0 Å². The second-order valence-electron chi connectivity index (χ2n) is 1.58. The van der Waals surface area contributed by atoms with Gasteiger partial charge in [-0.05, 0) is 0 Å². The highest BCUT2D eigenvalue weighted by molar-refractivity contribution is 7.80. The third-order valence-corrected chi connectivity index (χ3v) is 0.598. The highest BCUT2D eigenvalue weighted by Gasteiger charge is 1.68. The molecule has 3 nitrogen and oxygen atoms in total. The Morgan fingerprint density at radius 1 is 1.67 bits per heavy atom. The Morgan fingerprint density at radius 2 is 1.89 bits per heavy atom. The lowest BCUT2D eigenvalue weighted by molar-refractivity contribution is -0.115. The Hall–Kier alpha value is -0.220. The Morgan fingerprint density at radius 3 is 1.89 bits per heavy atom. The zero-order chi connectivity index (χ0) is 7.70. The van der Waals surface area contributed by atoms with Gasteiger partial charge >= 0.3 is 0 Å². The minimum absolute atomic E-state index is 0.684. The van der Waals surface area contributed by atoms with Crippen LogP contribution in [0.25, 0.3) is 0 Å². The molecule has 0 aromatic carbocycles. The van der Waals surface area contributed by atoms with Crippen molar-refractivity contribution in [3.05, 3.63) is 0 Å². The molecule has 0 radical (unpaired) electrons. The fourth-order valence-corrected chi connectivity index (χ4v) is 0. The maximum absolute atomic E-state index is 9.43. The van der Waals surface area contributed by atoms with Crippen LogP contribution in [0.3, 0.4) is 0 Å². The van der Waals surface area contributed by atoms with Crippen LogP contribution in [0, 0.1) is 0 Å². The van der Waals surface area contributed by atoms with Gasteiger partial charge in [-0.15, -0.1) is 0 Å². The fraction of sp³-hybridized carbons (Fsp3) is 0.800. The smallest absolute Gasteiger partial charge is 0.209 e. The van der Waals surface area contributed by atoms with Crippen LogP contribution in [0.5, 0.6) is 0 Å². The van der Waals surface area contributed by atoms with E-state index in [0.717, 1.165) is 12.2 Å². The Bertz CT molecular complexity index is 56.9. The maximum Gasteiger partial charge on any atom is 0.209 e. The van der Waals surface area contributed by atoms with Crippen molar-refractivity contribution in [3.63, 3.8) is 0 Å². The molecule has 0 saturated carbocycles. The number of thiol groups is 1. The van der Waals surface area contributed by atoms with Crippen LogP contribution in [0.1, 0.15) is 0 Å². The molecular formula is C5H14N2OS. The molecule has 0 spiro atoms. The minimum Gasteiger partial charge on any atom is -0.351 e. The number of nitrogens with two attached hydrogens (primary N) is 1. The monoisotopic (exact) mass is 150 g/mol. The lowest BCUT2D eigenvalue weighted by Gasteiger charge is -1.93. The zero-order valence-corrected chi connectivity index (χ0v) is 6.77. The molecule has 0 aromatic rings. The van der Waals surface area contributed by atoms with Crippen LogP contribution in [0.4, 0.5) is 0 Å². The molecule has 2 N–H and O–H groups in total. The SMILES string of the molecule is CN(C)C=O.NCCS. The summed E-state index contributed by atoms with van der Waals surface area (Å²) in [4.78, 5) is 10.9. The van der Waals surface area contributed by atoms with Crippen LogP contribution in [-0.2, 0) is 4.79 Å². The van der Waals surface area contributed by atoms with Crippen LogP contribution in [-0.4, -0.2) is 37.7 Å². The van der Waals surface area contributed by atoms with Crippen molar-refractivity contribution in [2.75, 3.05) is 26.4 Å². The average Bonchev–Trinajstić information content (AvgIpc) is 1.89. The quantitative estimate of drug-likeness (QED) is 0.415. The van der Waals surface area contributed by atoms with Gasteiger partial charge in [-0.1, -0.05) is 0 Å².